The first-order valence-corrected chi connectivity index (χ1v) is 7.25. The molecular formula is C17H20ClNO3. The van der Waals surface area contributed by atoms with Gasteiger partial charge in [0, 0.05) is 11.1 Å². The van der Waals surface area contributed by atoms with Crippen LogP contribution in [0.1, 0.15) is 12.5 Å². The van der Waals surface area contributed by atoms with E-state index in [0.29, 0.717) is 10.8 Å². The van der Waals surface area contributed by atoms with Crippen LogP contribution in [-0.2, 0) is 11.2 Å². The van der Waals surface area contributed by atoms with Gasteiger partial charge in [-0.05, 0) is 43.2 Å². The number of aliphatic carboxylic acids is 1. The number of carboxylic acid groups (broad SMARTS) is 1. The quantitative estimate of drug-likeness (QED) is 0.885. The van der Waals surface area contributed by atoms with Crippen molar-refractivity contribution >= 4 is 17.6 Å². The molecule has 0 aliphatic rings. The van der Waals surface area contributed by atoms with Gasteiger partial charge in [-0.2, -0.15) is 0 Å². The SMILES string of the molecule is CC(N)Cc1ccccc1.O=C(O)COc1ccc(Cl)cc1. The fraction of sp³-hybridized carbons (Fsp3) is 0.235. The number of halogens is 1. The van der Waals surface area contributed by atoms with Gasteiger partial charge in [0.2, 0.25) is 0 Å². The molecule has 2 aromatic carbocycles. The van der Waals surface area contributed by atoms with Crippen molar-refractivity contribution in [2.45, 2.75) is 19.4 Å². The molecule has 0 aromatic heterocycles. The van der Waals surface area contributed by atoms with Gasteiger partial charge in [0.15, 0.2) is 6.61 Å². The lowest BCUT2D eigenvalue weighted by Gasteiger charge is -2.02. The molecule has 118 valence electrons. The van der Waals surface area contributed by atoms with Gasteiger partial charge in [-0.1, -0.05) is 41.9 Å². The zero-order valence-electron chi connectivity index (χ0n) is 12.4. The van der Waals surface area contributed by atoms with Crippen LogP contribution in [0, 0.1) is 0 Å². The Morgan fingerprint density at radius 2 is 1.77 bits per heavy atom. The fourth-order valence-electron chi connectivity index (χ4n) is 1.66. The highest BCUT2D eigenvalue weighted by molar-refractivity contribution is 6.30. The Bertz CT molecular complexity index is 556. The lowest BCUT2D eigenvalue weighted by atomic mass is 10.1. The van der Waals surface area contributed by atoms with Gasteiger partial charge in [-0.3, -0.25) is 0 Å². The molecule has 0 fully saturated rings. The van der Waals surface area contributed by atoms with Crippen molar-refractivity contribution in [3.05, 3.63) is 65.2 Å². The van der Waals surface area contributed by atoms with E-state index in [1.807, 2.05) is 25.1 Å². The van der Waals surface area contributed by atoms with Crippen LogP contribution in [0.3, 0.4) is 0 Å². The lowest BCUT2D eigenvalue weighted by Crippen LogP contribution is -2.17. The normalized spacial score (nSPS) is 11.0. The van der Waals surface area contributed by atoms with Crippen molar-refractivity contribution in [3.63, 3.8) is 0 Å². The summed E-state index contributed by atoms with van der Waals surface area (Å²) in [6.07, 6.45) is 0.973. The molecule has 4 nitrogen and oxygen atoms in total. The van der Waals surface area contributed by atoms with E-state index in [0.717, 1.165) is 6.42 Å². The summed E-state index contributed by atoms with van der Waals surface area (Å²) in [6, 6.07) is 17.1. The Morgan fingerprint density at radius 1 is 1.18 bits per heavy atom. The van der Waals surface area contributed by atoms with Crippen LogP contribution in [0.5, 0.6) is 5.75 Å². The van der Waals surface area contributed by atoms with Gasteiger partial charge in [0.1, 0.15) is 5.75 Å². The minimum atomic E-state index is -0.995. The van der Waals surface area contributed by atoms with Gasteiger partial charge in [-0.25, -0.2) is 4.79 Å². The number of rotatable bonds is 5. The fourth-order valence-corrected chi connectivity index (χ4v) is 1.79. The van der Waals surface area contributed by atoms with Crippen molar-refractivity contribution in [1.29, 1.82) is 0 Å². The van der Waals surface area contributed by atoms with E-state index >= 15 is 0 Å². The topological polar surface area (TPSA) is 72.6 Å². The highest BCUT2D eigenvalue weighted by Crippen LogP contribution is 2.15. The molecule has 22 heavy (non-hydrogen) atoms. The number of ether oxygens (including phenoxy) is 1. The second-order valence-electron chi connectivity index (χ2n) is 4.80. The van der Waals surface area contributed by atoms with Crippen LogP contribution in [-0.4, -0.2) is 23.7 Å². The largest absolute Gasteiger partial charge is 0.482 e. The van der Waals surface area contributed by atoms with Crippen molar-refractivity contribution in [2.75, 3.05) is 6.61 Å². The predicted octanol–water partition coefficient (Wildman–Crippen LogP) is 3.38. The van der Waals surface area contributed by atoms with Crippen LogP contribution in [0.2, 0.25) is 5.02 Å². The summed E-state index contributed by atoms with van der Waals surface area (Å²) in [5.41, 5.74) is 6.94. The van der Waals surface area contributed by atoms with Crippen LogP contribution in [0.15, 0.2) is 54.6 Å². The van der Waals surface area contributed by atoms with Crippen molar-refractivity contribution in [2.24, 2.45) is 5.73 Å². The van der Waals surface area contributed by atoms with E-state index < -0.39 is 5.97 Å². The molecule has 3 N–H and O–H groups in total. The zero-order chi connectivity index (χ0) is 16.4. The van der Waals surface area contributed by atoms with Gasteiger partial charge < -0.3 is 15.6 Å². The van der Waals surface area contributed by atoms with E-state index in [1.54, 1.807) is 24.3 Å². The standard InChI is InChI=1S/C9H13N.C8H7ClO3/c1-8(10)7-9-5-3-2-4-6-9;9-6-1-3-7(4-2-6)12-5-8(10)11/h2-6,8H,7,10H2,1H3;1-4H,5H2,(H,10,11). The van der Waals surface area contributed by atoms with Crippen molar-refractivity contribution < 1.29 is 14.6 Å². The first-order valence-electron chi connectivity index (χ1n) is 6.87. The van der Waals surface area contributed by atoms with Crippen LogP contribution in [0.4, 0.5) is 0 Å². The van der Waals surface area contributed by atoms with Crippen molar-refractivity contribution in [1.82, 2.24) is 0 Å². The minimum Gasteiger partial charge on any atom is -0.482 e. The van der Waals surface area contributed by atoms with E-state index in [-0.39, 0.29) is 12.6 Å². The monoisotopic (exact) mass is 321 g/mol. The Balaban J connectivity index is 0.000000224. The Hall–Kier alpha value is -2.04. The molecule has 0 saturated carbocycles. The zero-order valence-corrected chi connectivity index (χ0v) is 13.2. The smallest absolute Gasteiger partial charge is 0.341 e. The molecule has 0 amide bonds. The average molecular weight is 322 g/mol. The van der Waals surface area contributed by atoms with Gasteiger partial charge in [0.05, 0.1) is 0 Å². The van der Waals surface area contributed by atoms with E-state index in [1.165, 1.54) is 5.56 Å². The van der Waals surface area contributed by atoms with E-state index in [2.05, 4.69) is 12.1 Å². The number of carbonyl (C=O) groups is 1. The van der Waals surface area contributed by atoms with E-state index in [9.17, 15) is 4.79 Å². The van der Waals surface area contributed by atoms with Crippen LogP contribution in [0.25, 0.3) is 0 Å². The van der Waals surface area contributed by atoms with Crippen LogP contribution < -0.4 is 10.5 Å². The first-order chi connectivity index (χ1) is 10.5. The molecular weight excluding hydrogens is 302 g/mol. The highest BCUT2D eigenvalue weighted by atomic mass is 35.5. The number of hydrogen-bond acceptors (Lipinski definition) is 3. The molecule has 0 heterocycles. The molecule has 2 rings (SSSR count). The molecule has 2 aromatic rings. The average Bonchev–Trinajstić information content (AvgIpc) is 2.48. The molecule has 0 saturated heterocycles. The Morgan fingerprint density at radius 3 is 2.27 bits per heavy atom. The van der Waals surface area contributed by atoms with Crippen molar-refractivity contribution in [3.8, 4) is 5.75 Å². The summed E-state index contributed by atoms with van der Waals surface area (Å²) in [6.45, 7) is 1.69. The summed E-state index contributed by atoms with van der Waals surface area (Å²) in [5, 5.41) is 8.87. The Labute approximate surface area is 135 Å². The van der Waals surface area contributed by atoms with Crippen LogP contribution >= 0.6 is 11.6 Å². The molecule has 5 heteroatoms. The predicted molar refractivity (Wildman–Crippen MR) is 88.4 cm³/mol. The maximum atomic E-state index is 10.1. The minimum absolute atomic E-state index is 0.266. The molecule has 1 unspecified atom stereocenters. The number of hydrogen-bond donors (Lipinski definition) is 2. The third-order valence-corrected chi connectivity index (χ3v) is 2.83. The third kappa shape index (κ3) is 8.29. The summed E-state index contributed by atoms with van der Waals surface area (Å²) >= 11 is 5.60. The highest BCUT2D eigenvalue weighted by Gasteiger charge is 1.97. The molecule has 0 aliphatic carbocycles. The number of benzene rings is 2. The summed E-state index contributed by atoms with van der Waals surface area (Å²) in [4.78, 5) is 10.1. The molecule has 1 atom stereocenters. The maximum Gasteiger partial charge on any atom is 0.341 e. The third-order valence-electron chi connectivity index (χ3n) is 2.58. The summed E-state index contributed by atoms with van der Waals surface area (Å²) in [5.74, 6) is -0.494. The second kappa shape index (κ2) is 9.82. The second-order valence-corrected chi connectivity index (χ2v) is 5.24. The summed E-state index contributed by atoms with van der Waals surface area (Å²) < 4.78 is 4.86. The van der Waals surface area contributed by atoms with Gasteiger partial charge in [0.25, 0.3) is 0 Å². The molecule has 0 bridgehead atoms. The van der Waals surface area contributed by atoms with Gasteiger partial charge in [-0.15, -0.1) is 0 Å². The molecule has 0 spiro atoms. The molecule has 0 aliphatic heterocycles. The Kier molecular flexibility index (Phi) is 8.04. The lowest BCUT2D eigenvalue weighted by molar-refractivity contribution is -0.139. The first kappa shape index (κ1) is 18.0. The maximum absolute atomic E-state index is 10.1. The summed E-state index contributed by atoms with van der Waals surface area (Å²) in [7, 11) is 0. The number of nitrogens with two attached hydrogens (primary N) is 1. The van der Waals surface area contributed by atoms with E-state index in [4.69, 9.17) is 27.2 Å². The number of carboxylic acids is 1. The van der Waals surface area contributed by atoms with Gasteiger partial charge >= 0.3 is 5.97 Å². The molecule has 0 radical (unpaired) electrons.